The molecule has 0 bridgehead atoms. The molecule has 0 radical (unpaired) electrons. The Bertz CT molecular complexity index is 779. The standard InChI is InChI=1S/C20H27N3O6/c1-25-9-6-18-21-19(29-22-18)13-28-15-4-7-23(8-5-15)20(24)14-10-16(26-2)12-17(11-14)27-3/h10-12,15H,4-9,13H2,1-3H3. The number of nitrogens with zero attached hydrogens (tertiary/aromatic N) is 3. The summed E-state index contributed by atoms with van der Waals surface area (Å²) in [4.78, 5) is 18.9. The van der Waals surface area contributed by atoms with Gasteiger partial charge in [0.2, 0.25) is 0 Å². The van der Waals surface area contributed by atoms with E-state index in [1.54, 1.807) is 39.5 Å². The van der Waals surface area contributed by atoms with Crippen LogP contribution in [0.4, 0.5) is 0 Å². The van der Waals surface area contributed by atoms with Crippen molar-refractivity contribution in [3.05, 3.63) is 35.5 Å². The van der Waals surface area contributed by atoms with Crippen LogP contribution in [0.25, 0.3) is 0 Å². The van der Waals surface area contributed by atoms with Gasteiger partial charge in [-0.1, -0.05) is 5.16 Å². The average Bonchev–Trinajstić information content (AvgIpc) is 3.23. The molecule has 0 unspecified atom stereocenters. The molecule has 1 aliphatic heterocycles. The molecule has 29 heavy (non-hydrogen) atoms. The summed E-state index contributed by atoms with van der Waals surface area (Å²) in [5.41, 5.74) is 0.551. The van der Waals surface area contributed by atoms with Crippen molar-refractivity contribution in [2.75, 3.05) is 41.0 Å². The van der Waals surface area contributed by atoms with Crippen molar-refractivity contribution in [3.8, 4) is 11.5 Å². The molecular formula is C20H27N3O6. The molecular weight excluding hydrogens is 378 g/mol. The van der Waals surface area contributed by atoms with Crippen molar-refractivity contribution >= 4 is 5.91 Å². The molecule has 0 N–H and O–H groups in total. The second-order valence-corrected chi connectivity index (χ2v) is 6.75. The number of carbonyl (C=O) groups excluding carboxylic acids is 1. The van der Waals surface area contributed by atoms with E-state index in [-0.39, 0.29) is 18.6 Å². The van der Waals surface area contributed by atoms with Crippen LogP contribution in [-0.4, -0.2) is 68.1 Å². The molecule has 0 saturated carbocycles. The van der Waals surface area contributed by atoms with Crippen LogP contribution in [0, 0.1) is 0 Å². The predicted molar refractivity (Wildman–Crippen MR) is 103 cm³/mol. The van der Waals surface area contributed by atoms with Crippen LogP contribution < -0.4 is 9.47 Å². The lowest BCUT2D eigenvalue weighted by atomic mass is 10.1. The summed E-state index contributed by atoms with van der Waals surface area (Å²) < 4.78 is 26.6. The summed E-state index contributed by atoms with van der Waals surface area (Å²) in [6, 6.07) is 5.20. The van der Waals surface area contributed by atoms with Crippen LogP contribution in [0.3, 0.4) is 0 Å². The molecule has 3 rings (SSSR count). The zero-order valence-electron chi connectivity index (χ0n) is 17.1. The lowest BCUT2D eigenvalue weighted by molar-refractivity contribution is -0.00979. The van der Waals surface area contributed by atoms with Crippen molar-refractivity contribution in [1.29, 1.82) is 0 Å². The Balaban J connectivity index is 1.49. The summed E-state index contributed by atoms with van der Waals surface area (Å²) in [6.07, 6.45) is 2.15. The normalized spacial score (nSPS) is 14.8. The van der Waals surface area contributed by atoms with Gasteiger partial charge in [0.1, 0.15) is 18.1 Å². The first kappa shape index (κ1) is 21.1. The summed E-state index contributed by atoms with van der Waals surface area (Å²) >= 11 is 0. The SMILES string of the molecule is COCCc1noc(COC2CCN(C(=O)c3cc(OC)cc(OC)c3)CC2)n1. The molecule has 1 aromatic carbocycles. The molecule has 0 spiro atoms. The number of rotatable bonds is 9. The minimum absolute atomic E-state index is 0.0414. The smallest absolute Gasteiger partial charge is 0.254 e. The number of hydrogen-bond acceptors (Lipinski definition) is 8. The molecule has 2 heterocycles. The maximum atomic E-state index is 12.8. The van der Waals surface area contributed by atoms with Crippen molar-refractivity contribution in [2.24, 2.45) is 0 Å². The number of ether oxygens (including phenoxy) is 4. The van der Waals surface area contributed by atoms with Gasteiger partial charge in [-0.2, -0.15) is 4.98 Å². The minimum Gasteiger partial charge on any atom is -0.497 e. The lowest BCUT2D eigenvalue weighted by Gasteiger charge is -2.31. The number of aromatic nitrogens is 2. The van der Waals surface area contributed by atoms with Crippen molar-refractivity contribution < 1.29 is 28.3 Å². The van der Waals surface area contributed by atoms with E-state index in [0.29, 0.717) is 54.9 Å². The highest BCUT2D eigenvalue weighted by Crippen LogP contribution is 2.25. The van der Waals surface area contributed by atoms with Gasteiger partial charge >= 0.3 is 0 Å². The maximum Gasteiger partial charge on any atom is 0.254 e. The Hall–Kier alpha value is -2.65. The Morgan fingerprint density at radius 2 is 1.83 bits per heavy atom. The minimum atomic E-state index is -0.0414. The third kappa shape index (κ3) is 5.68. The number of piperidine rings is 1. The van der Waals surface area contributed by atoms with E-state index in [0.717, 1.165) is 12.8 Å². The van der Waals surface area contributed by atoms with Crippen molar-refractivity contribution in [1.82, 2.24) is 15.0 Å². The zero-order valence-corrected chi connectivity index (χ0v) is 17.1. The Kier molecular flexibility index (Phi) is 7.42. The third-order valence-corrected chi connectivity index (χ3v) is 4.81. The molecule has 1 saturated heterocycles. The van der Waals surface area contributed by atoms with Crippen LogP contribution in [-0.2, 0) is 22.5 Å². The summed E-state index contributed by atoms with van der Waals surface area (Å²) in [5.74, 6) is 2.21. The van der Waals surface area contributed by atoms with Gasteiger partial charge in [0.05, 0.1) is 26.9 Å². The van der Waals surface area contributed by atoms with Gasteiger partial charge in [0.15, 0.2) is 5.82 Å². The molecule has 9 nitrogen and oxygen atoms in total. The first-order valence-corrected chi connectivity index (χ1v) is 9.57. The van der Waals surface area contributed by atoms with E-state index in [4.69, 9.17) is 23.5 Å². The Morgan fingerprint density at radius 3 is 2.45 bits per heavy atom. The molecule has 1 aliphatic rings. The number of benzene rings is 1. The summed E-state index contributed by atoms with van der Waals surface area (Å²) in [6.45, 7) is 2.05. The first-order chi connectivity index (χ1) is 14.1. The summed E-state index contributed by atoms with van der Waals surface area (Å²) in [7, 11) is 4.76. The van der Waals surface area contributed by atoms with Gasteiger partial charge in [-0.15, -0.1) is 0 Å². The van der Waals surface area contributed by atoms with Gasteiger partial charge < -0.3 is 28.4 Å². The number of hydrogen-bond donors (Lipinski definition) is 0. The monoisotopic (exact) mass is 405 g/mol. The molecule has 0 atom stereocenters. The fraction of sp³-hybridized carbons (Fsp3) is 0.550. The van der Waals surface area contributed by atoms with Gasteiger partial charge in [0.25, 0.3) is 11.8 Å². The van der Waals surface area contributed by atoms with E-state index in [2.05, 4.69) is 10.1 Å². The zero-order chi connectivity index (χ0) is 20.6. The molecule has 1 fully saturated rings. The molecule has 158 valence electrons. The molecule has 0 aliphatic carbocycles. The first-order valence-electron chi connectivity index (χ1n) is 9.57. The van der Waals surface area contributed by atoms with Gasteiger partial charge in [-0.25, -0.2) is 0 Å². The third-order valence-electron chi connectivity index (χ3n) is 4.81. The van der Waals surface area contributed by atoms with E-state index < -0.39 is 0 Å². The summed E-state index contributed by atoms with van der Waals surface area (Å²) in [5, 5.41) is 3.90. The highest BCUT2D eigenvalue weighted by molar-refractivity contribution is 5.95. The van der Waals surface area contributed by atoms with E-state index in [1.165, 1.54) is 0 Å². The molecule has 1 amide bonds. The van der Waals surface area contributed by atoms with Crippen LogP contribution in [0.15, 0.2) is 22.7 Å². The second kappa shape index (κ2) is 10.2. The topological polar surface area (TPSA) is 96.2 Å². The van der Waals surface area contributed by atoms with E-state index >= 15 is 0 Å². The van der Waals surface area contributed by atoms with E-state index in [1.807, 2.05) is 4.90 Å². The van der Waals surface area contributed by atoms with Crippen molar-refractivity contribution in [2.45, 2.75) is 32.0 Å². The maximum absolute atomic E-state index is 12.8. The number of amides is 1. The van der Waals surface area contributed by atoms with E-state index in [9.17, 15) is 4.79 Å². The highest BCUT2D eigenvalue weighted by Gasteiger charge is 2.25. The van der Waals surface area contributed by atoms with Gasteiger partial charge in [-0.3, -0.25) is 4.79 Å². The molecule has 1 aromatic heterocycles. The molecule has 9 heteroatoms. The van der Waals surface area contributed by atoms with Crippen LogP contribution in [0.2, 0.25) is 0 Å². The van der Waals surface area contributed by atoms with Crippen molar-refractivity contribution in [3.63, 3.8) is 0 Å². The van der Waals surface area contributed by atoms with Gasteiger partial charge in [0, 0.05) is 38.2 Å². The average molecular weight is 405 g/mol. The highest BCUT2D eigenvalue weighted by atomic mass is 16.5. The Labute approximate surface area is 169 Å². The van der Waals surface area contributed by atoms with Crippen LogP contribution in [0.5, 0.6) is 11.5 Å². The van der Waals surface area contributed by atoms with Gasteiger partial charge in [-0.05, 0) is 25.0 Å². The van der Waals surface area contributed by atoms with Crippen LogP contribution >= 0.6 is 0 Å². The number of carbonyl (C=O) groups is 1. The number of methoxy groups -OCH3 is 3. The predicted octanol–water partition coefficient (Wildman–Crippen LogP) is 2.10. The second-order valence-electron chi connectivity index (χ2n) is 6.75. The fourth-order valence-electron chi connectivity index (χ4n) is 3.17. The lowest BCUT2D eigenvalue weighted by Crippen LogP contribution is -2.40. The largest absolute Gasteiger partial charge is 0.497 e. The quantitative estimate of drug-likeness (QED) is 0.626. The number of likely N-dealkylation sites (tertiary alicyclic amines) is 1. The van der Waals surface area contributed by atoms with Crippen LogP contribution in [0.1, 0.15) is 34.9 Å². The molecule has 2 aromatic rings. The Morgan fingerprint density at radius 1 is 1.14 bits per heavy atom. The fourth-order valence-corrected chi connectivity index (χ4v) is 3.17.